The normalized spacial score (nSPS) is 24.8. The van der Waals surface area contributed by atoms with E-state index in [0.29, 0.717) is 5.92 Å². The Kier molecular flexibility index (Phi) is 1.91. The second-order valence-electron chi connectivity index (χ2n) is 4.35. The number of hydrogen-bond donors (Lipinski definition) is 2. The highest BCUT2D eigenvalue weighted by molar-refractivity contribution is 6.03. The summed E-state index contributed by atoms with van der Waals surface area (Å²) in [7, 11) is 0. The molecule has 1 saturated carbocycles. The smallest absolute Gasteiger partial charge is 0.247 e. The van der Waals surface area contributed by atoms with Crippen LogP contribution in [0.4, 0.5) is 11.4 Å². The van der Waals surface area contributed by atoms with Gasteiger partial charge in [-0.2, -0.15) is 0 Å². The van der Waals surface area contributed by atoms with Gasteiger partial charge < -0.3 is 10.6 Å². The zero-order valence-corrected chi connectivity index (χ0v) is 8.49. The van der Waals surface area contributed by atoms with E-state index in [-0.39, 0.29) is 11.9 Å². The third kappa shape index (κ3) is 1.39. The Labute approximate surface area is 88.9 Å². The molecule has 1 aromatic carbocycles. The molecule has 1 heterocycles. The van der Waals surface area contributed by atoms with Crippen LogP contribution in [0.5, 0.6) is 0 Å². The quantitative estimate of drug-likeness (QED) is 0.733. The zero-order chi connectivity index (χ0) is 10.3. The Bertz CT molecular complexity index is 398. The van der Waals surface area contributed by atoms with Gasteiger partial charge in [0.05, 0.1) is 11.4 Å². The lowest BCUT2D eigenvalue weighted by molar-refractivity contribution is -0.118. The molecule has 0 bridgehead atoms. The van der Waals surface area contributed by atoms with Crippen molar-refractivity contribution in [1.29, 1.82) is 0 Å². The van der Waals surface area contributed by atoms with Crippen molar-refractivity contribution in [3.8, 4) is 0 Å². The molecule has 1 aliphatic carbocycles. The van der Waals surface area contributed by atoms with Crippen LogP contribution in [0.1, 0.15) is 19.3 Å². The van der Waals surface area contributed by atoms with E-state index < -0.39 is 0 Å². The maximum Gasteiger partial charge on any atom is 0.247 e. The summed E-state index contributed by atoms with van der Waals surface area (Å²) in [6, 6.07) is 7.84. The summed E-state index contributed by atoms with van der Waals surface area (Å²) in [5.74, 6) is 0.650. The maximum absolute atomic E-state index is 11.8. The minimum absolute atomic E-state index is 0.0198. The molecule has 15 heavy (non-hydrogen) atoms. The monoisotopic (exact) mass is 202 g/mol. The van der Waals surface area contributed by atoms with Crippen LogP contribution in [0, 0.1) is 5.92 Å². The first-order valence-corrected chi connectivity index (χ1v) is 5.51. The summed E-state index contributed by atoms with van der Waals surface area (Å²) < 4.78 is 0. The predicted molar refractivity (Wildman–Crippen MR) is 59.8 cm³/mol. The van der Waals surface area contributed by atoms with Gasteiger partial charge in [-0.15, -0.1) is 0 Å². The second-order valence-corrected chi connectivity index (χ2v) is 4.35. The number of rotatable bonds is 1. The van der Waals surface area contributed by atoms with Gasteiger partial charge in [-0.3, -0.25) is 4.79 Å². The third-order valence-electron chi connectivity index (χ3n) is 3.40. The molecule has 1 aliphatic heterocycles. The molecule has 3 nitrogen and oxygen atoms in total. The lowest BCUT2D eigenvalue weighted by Gasteiger charge is -2.36. The molecular weight excluding hydrogens is 188 g/mol. The molecule has 1 amide bonds. The summed E-state index contributed by atoms with van der Waals surface area (Å²) in [5.41, 5.74) is 1.95. The highest BCUT2D eigenvalue weighted by Gasteiger charge is 2.35. The minimum Gasteiger partial charge on any atom is -0.372 e. The summed E-state index contributed by atoms with van der Waals surface area (Å²) in [4.78, 5) is 11.8. The topological polar surface area (TPSA) is 41.1 Å². The molecule has 78 valence electrons. The molecule has 1 fully saturated rings. The Morgan fingerprint density at radius 1 is 1.13 bits per heavy atom. The van der Waals surface area contributed by atoms with Crippen LogP contribution in [-0.4, -0.2) is 11.9 Å². The first kappa shape index (κ1) is 8.77. The molecule has 0 radical (unpaired) electrons. The van der Waals surface area contributed by atoms with Gasteiger partial charge >= 0.3 is 0 Å². The molecule has 1 aromatic rings. The zero-order valence-electron chi connectivity index (χ0n) is 8.49. The van der Waals surface area contributed by atoms with E-state index in [1.165, 1.54) is 19.3 Å². The molecule has 3 heteroatoms. The largest absolute Gasteiger partial charge is 0.372 e. The predicted octanol–water partition coefficient (Wildman–Crippen LogP) is 2.22. The van der Waals surface area contributed by atoms with E-state index in [4.69, 9.17) is 0 Å². The molecule has 0 aromatic heterocycles. The van der Waals surface area contributed by atoms with Gasteiger partial charge in [0.15, 0.2) is 0 Å². The van der Waals surface area contributed by atoms with Gasteiger partial charge in [0, 0.05) is 0 Å². The second kappa shape index (κ2) is 3.26. The average molecular weight is 202 g/mol. The molecule has 1 unspecified atom stereocenters. The molecule has 2 aliphatic rings. The minimum atomic E-state index is -0.0198. The van der Waals surface area contributed by atoms with Crippen LogP contribution in [0.25, 0.3) is 0 Å². The highest BCUT2D eigenvalue weighted by Crippen LogP contribution is 2.35. The van der Waals surface area contributed by atoms with Crippen molar-refractivity contribution in [3.05, 3.63) is 24.3 Å². The number of hydrogen-bond acceptors (Lipinski definition) is 2. The Morgan fingerprint density at radius 3 is 2.53 bits per heavy atom. The van der Waals surface area contributed by atoms with E-state index in [2.05, 4.69) is 10.6 Å². The van der Waals surface area contributed by atoms with Crippen molar-refractivity contribution in [2.75, 3.05) is 10.6 Å². The van der Waals surface area contributed by atoms with Gasteiger partial charge in [0.2, 0.25) is 5.91 Å². The van der Waals surface area contributed by atoms with Crippen molar-refractivity contribution in [2.24, 2.45) is 5.92 Å². The van der Waals surface area contributed by atoms with Gasteiger partial charge in [0.25, 0.3) is 0 Å². The summed E-state index contributed by atoms with van der Waals surface area (Å²) >= 11 is 0. The number of carbonyl (C=O) groups excluding carboxylic acids is 1. The van der Waals surface area contributed by atoms with E-state index in [1.54, 1.807) is 0 Å². The van der Waals surface area contributed by atoms with Crippen LogP contribution in [0.3, 0.4) is 0 Å². The van der Waals surface area contributed by atoms with Crippen molar-refractivity contribution in [1.82, 2.24) is 0 Å². The number of fused-ring (bicyclic) bond motifs is 1. The molecule has 3 rings (SSSR count). The Morgan fingerprint density at radius 2 is 1.87 bits per heavy atom. The summed E-state index contributed by atoms with van der Waals surface area (Å²) in [6.45, 7) is 0. The van der Waals surface area contributed by atoms with Crippen LogP contribution in [0.2, 0.25) is 0 Å². The maximum atomic E-state index is 11.8. The standard InChI is InChI=1S/C12H14N2O/c15-12-11(8-4-3-5-8)13-9-6-1-2-7-10(9)14-12/h1-2,6-8,11,13H,3-5H2,(H,14,15). The molecule has 0 saturated heterocycles. The average Bonchev–Trinajstić information content (AvgIpc) is 2.16. The molecular formula is C12H14N2O. The Balaban J connectivity index is 1.88. The highest BCUT2D eigenvalue weighted by atomic mass is 16.2. The third-order valence-corrected chi connectivity index (χ3v) is 3.40. The first-order valence-electron chi connectivity index (χ1n) is 5.51. The van der Waals surface area contributed by atoms with Crippen LogP contribution < -0.4 is 10.6 Å². The van der Waals surface area contributed by atoms with E-state index in [9.17, 15) is 4.79 Å². The van der Waals surface area contributed by atoms with Crippen LogP contribution in [-0.2, 0) is 4.79 Å². The van der Waals surface area contributed by atoms with Crippen molar-refractivity contribution in [3.63, 3.8) is 0 Å². The summed E-state index contributed by atoms with van der Waals surface area (Å²) in [5, 5.41) is 6.29. The summed E-state index contributed by atoms with van der Waals surface area (Å²) in [6.07, 6.45) is 3.61. The van der Waals surface area contributed by atoms with E-state index in [0.717, 1.165) is 11.4 Å². The van der Waals surface area contributed by atoms with E-state index in [1.807, 2.05) is 24.3 Å². The lowest BCUT2D eigenvalue weighted by Crippen LogP contribution is -2.46. The fraction of sp³-hybridized carbons (Fsp3) is 0.417. The fourth-order valence-corrected chi connectivity index (χ4v) is 2.27. The number of anilines is 2. The van der Waals surface area contributed by atoms with Gasteiger partial charge in [-0.1, -0.05) is 18.6 Å². The van der Waals surface area contributed by atoms with Crippen LogP contribution in [0.15, 0.2) is 24.3 Å². The lowest BCUT2D eigenvalue weighted by atomic mass is 9.78. The molecule has 2 N–H and O–H groups in total. The number of nitrogens with one attached hydrogen (secondary N) is 2. The fourth-order valence-electron chi connectivity index (χ4n) is 2.27. The van der Waals surface area contributed by atoms with Crippen LogP contribution >= 0.6 is 0 Å². The van der Waals surface area contributed by atoms with Crippen molar-refractivity contribution in [2.45, 2.75) is 25.3 Å². The van der Waals surface area contributed by atoms with E-state index >= 15 is 0 Å². The Hall–Kier alpha value is -1.51. The molecule has 0 spiro atoms. The SMILES string of the molecule is O=C1Nc2ccccc2NC1C1CCC1. The van der Waals surface area contributed by atoms with Crippen molar-refractivity contribution >= 4 is 17.3 Å². The van der Waals surface area contributed by atoms with Gasteiger partial charge in [0.1, 0.15) is 6.04 Å². The number of amides is 1. The number of benzene rings is 1. The number of para-hydroxylation sites is 2. The van der Waals surface area contributed by atoms with Crippen molar-refractivity contribution < 1.29 is 4.79 Å². The van der Waals surface area contributed by atoms with Gasteiger partial charge in [-0.05, 0) is 30.9 Å². The molecule has 1 atom stereocenters. The number of carbonyl (C=O) groups is 1. The first-order chi connectivity index (χ1) is 7.34. The van der Waals surface area contributed by atoms with Gasteiger partial charge in [-0.25, -0.2) is 0 Å².